The maximum Gasteiger partial charge on any atom is 0.223 e. The fraction of sp³-hybridized carbons (Fsp3) is 0.562. The van der Waals surface area contributed by atoms with Crippen LogP contribution in [-0.2, 0) is 22.7 Å². The Morgan fingerprint density at radius 2 is 2.10 bits per heavy atom. The molecule has 3 N–H and O–H groups in total. The lowest BCUT2D eigenvalue weighted by Crippen LogP contribution is -2.37. The molecule has 20 heavy (non-hydrogen) atoms. The number of hydrogen-bond acceptors (Lipinski definition) is 3. The average molecular weight is 276 g/mol. The molecule has 0 spiro atoms. The molecule has 1 aliphatic rings. The van der Waals surface area contributed by atoms with Crippen LogP contribution in [0.1, 0.15) is 36.8 Å². The zero-order valence-electron chi connectivity index (χ0n) is 12.1. The van der Waals surface area contributed by atoms with Gasteiger partial charge in [0, 0.05) is 25.6 Å². The minimum absolute atomic E-state index is 0.0772. The lowest BCUT2D eigenvalue weighted by Gasteiger charge is -2.25. The van der Waals surface area contributed by atoms with Gasteiger partial charge < -0.3 is 15.8 Å². The van der Waals surface area contributed by atoms with Crippen molar-refractivity contribution in [3.05, 3.63) is 35.4 Å². The maximum absolute atomic E-state index is 12.2. The van der Waals surface area contributed by atoms with Crippen molar-refractivity contribution in [3.8, 4) is 0 Å². The molecule has 1 saturated carbocycles. The number of ether oxygens (including phenoxy) is 1. The van der Waals surface area contributed by atoms with Gasteiger partial charge in [0.1, 0.15) is 0 Å². The standard InChI is InChI=1S/C16H24N2O2/c1-20-11-14-6-3-2-5-13(14)10-18-16(19)12-7-4-8-15(17)9-12/h2-3,5-6,12,15H,4,7-11,17H2,1H3,(H,18,19). The Morgan fingerprint density at radius 1 is 1.35 bits per heavy atom. The Bertz CT molecular complexity index is 448. The molecule has 0 heterocycles. The summed E-state index contributed by atoms with van der Waals surface area (Å²) in [6.45, 7) is 1.13. The van der Waals surface area contributed by atoms with Crippen molar-refractivity contribution in [3.63, 3.8) is 0 Å². The first-order valence-corrected chi connectivity index (χ1v) is 7.29. The number of carbonyl (C=O) groups excluding carboxylic acids is 1. The predicted molar refractivity (Wildman–Crippen MR) is 78.9 cm³/mol. The Labute approximate surface area is 120 Å². The minimum atomic E-state index is 0.0772. The van der Waals surface area contributed by atoms with E-state index in [1.165, 1.54) is 0 Å². The van der Waals surface area contributed by atoms with E-state index in [0.29, 0.717) is 13.2 Å². The third-order valence-corrected chi connectivity index (χ3v) is 3.96. The quantitative estimate of drug-likeness (QED) is 0.864. The van der Waals surface area contributed by atoms with Gasteiger partial charge in [-0.2, -0.15) is 0 Å². The van der Waals surface area contributed by atoms with Crippen LogP contribution in [0.3, 0.4) is 0 Å². The van der Waals surface area contributed by atoms with Gasteiger partial charge in [-0.25, -0.2) is 0 Å². The highest BCUT2D eigenvalue weighted by atomic mass is 16.5. The molecule has 1 fully saturated rings. The Hall–Kier alpha value is -1.39. The normalized spacial score (nSPS) is 22.5. The largest absolute Gasteiger partial charge is 0.380 e. The third kappa shape index (κ3) is 4.05. The summed E-state index contributed by atoms with van der Waals surface area (Å²) in [5, 5.41) is 3.04. The fourth-order valence-electron chi connectivity index (χ4n) is 2.82. The van der Waals surface area contributed by atoms with Crippen LogP contribution >= 0.6 is 0 Å². The molecule has 2 atom stereocenters. The Balaban J connectivity index is 1.89. The zero-order valence-corrected chi connectivity index (χ0v) is 12.1. The van der Waals surface area contributed by atoms with Crippen molar-refractivity contribution >= 4 is 5.91 Å². The molecule has 1 aliphatic carbocycles. The molecule has 2 rings (SSSR count). The second kappa shape index (κ2) is 7.41. The van der Waals surface area contributed by atoms with E-state index in [2.05, 4.69) is 5.32 Å². The lowest BCUT2D eigenvalue weighted by atomic mass is 9.85. The van der Waals surface area contributed by atoms with Crippen molar-refractivity contribution in [1.29, 1.82) is 0 Å². The lowest BCUT2D eigenvalue weighted by molar-refractivity contribution is -0.126. The molecule has 0 aromatic heterocycles. The molecule has 0 radical (unpaired) electrons. The van der Waals surface area contributed by atoms with Crippen LogP contribution < -0.4 is 11.1 Å². The average Bonchev–Trinajstić information content (AvgIpc) is 2.46. The molecule has 0 aliphatic heterocycles. The summed E-state index contributed by atoms with van der Waals surface area (Å²) in [6, 6.07) is 8.21. The number of rotatable bonds is 5. The van der Waals surface area contributed by atoms with Crippen LogP contribution in [0, 0.1) is 5.92 Å². The summed E-state index contributed by atoms with van der Waals surface area (Å²) < 4.78 is 5.18. The molecule has 1 aromatic rings. The number of methoxy groups -OCH3 is 1. The number of amides is 1. The van der Waals surface area contributed by atoms with Gasteiger partial charge >= 0.3 is 0 Å². The topological polar surface area (TPSA) is 64.3 Å². The van der Waals surface area contributed by atoms with Crippen molar-refractivity contribution in [1.82, 2.24) is 5.32 Å². The number of benzene rings is 1. The van der Waals surface area contributed by atoms with Crippen molar-refractivity contribution < 1.29 is 9.53 Å². The van der Waals surface area contributed by atoms with E-state index in [1.807, 2.05) is 24.3 Å². The molecule has 1 aromatic carbocycles. The molecule has 0 saturated heterocycles. The number of nitrogens with two attached hydrogens (primary N) is 1. The van der Waals surface area contributed by atoms with E-state index in [0.717, 1.165) is 36.8 Å². The van der Waals surface area contributed by atoms with Gasteiger partial charge in [-0.05, 0) is 30.4 Å². The highest BCUT2D eigenvalue weighted by Crippen LogP contribution is 2.23. The number of hydrogen-bond donors (Lipinski definition) is 2. The maximum atomic E-state index is 12.2. The van der Waals surface area contributed by atoms with Gasteiger partial charge in [0.15, 0.2) is 0 Å². The first-order chi connectivity index (χ1) is 9.70. The highest BCUT2D eigenvalue weighted by molar-refractivity contribution is 5.78. The SMILES string of the molecule is COCc1ccccc1CNC(=O)C1CCCC(N)C1. The van der Waals surface area contributed by atoms with Gasteiger partial charge in [0.25, 0.3) is 0 Å². The summed E-state index contributed by atoms with van der Waals surface area (Å²) >= 11 is 0. The van der Waals surface area contributed by atoms with Crippen LogP contribution in [0.5, 0.6) is 0 Å². The van der Waals surface area contributed by atoms with Crippen LogP contribution in [0.25, 0.3) is 0 Å². The highest BCUT2D eigenvalue weighted by Gasteiger charge is 2.25. The summed E-state index contributed by atoms with van der Waals surface area (Å²) in [6.07, 6.45) is 3.87. The van der Waals surface area contributed by atoms with E-state index >= 15 is 0 Å². The second-order valence-corrected chi connectivity index (χ2v) is 5.54. The molecule has 110 valence electrons. The van der Waals surface area contributed by atoms with E-state index in [4.69, 9.17) is 10.5 Å². The van der Waals surface area contributed by atoms with E-state index < -0.39 is 0 Å². The van der Waals surface area contributed by atoms with Gasteiger partial charge in [0.2, 0.25) is 5.91 Å². The first-order valence-electron chi connectivity index (χ1n) is 7.29. The molecular formula is C16H24N2O2. The molecular weight excluding hydrogens is 252 g/mol. The summed E-state index contributed by atoms with van der Waals surface area (Å²) in [5.41, 5.74) is 8.17. The van der Waals surface area contributed by atoms with E-state index in [9.17, 15) is 4.79 Å². The van der Waals surface area contributed by atoms with Gasteiger partial charge in [0.05, 0.1) is 6.61 Å². The van der Waals surface area contributed by atoms with E-state index in [-0.39, 0.29) is 17.9 Å². The molecule has 4 nitrogen and oxygen atoms in total. The van der Waals surface area contributed by atoms with Gasteiger partial charge in [-0.15, -0.1) is 0 Å². The molecule has 2 unspecified atom stereocenters. The minimum Gasteiger partial charge on any atom is -0.380 e. The van der Waals surface area contributed by atoms with Crippen molar-refractivity contribution in [2.24, 2.45) is 11.7 Å². The van der Waals surface area contributed by atoms with Gasteiger partial charge in [-0.1, -0.05) is 30.7 Å². The molecule has 1 amide bonds. The monoisotopic (exact) mass is 276 g/mol. The third-order valence-electron chi connectivity index (χ3n) is 3.96. The van der Waals surface area contributed by atoms with Gasteiger partial charge in [-0.3, -0.25) is 4.79 Å². The molecule has 4 heteroatoms. The molecule has 0 bridgehead atoms. The first kappa shape index (κ1) is 15.0. The van der Waals surface area contributed by atoms with Crippen LogP contribution in [0.2, 0.25) is 0 Å². The van der Waals surface area contributed by atoms with Crippen molar-refractivity contribution in [2.75, 3.05) is 7.11 Å². The number of nitrogens with one attached hydrogen (secondary N) is 1. The second-order valence-electron chi connectivity index (χ2n) is 5.54. The summed E-state index contributed by atoms with van der Waals surface area (Å²) in [4.78, 5) is 12.2. The summed E-state index contributed by atoms with van der Waals surface area (Å²) in [7, 11) is 1.68. The zero-order chi connectivity index (χ0) is 14.4. The van der Waals surface area contributed by atoms with Crippen molar-refractivity contribution in [2.45, 2.75) is 44.9 Å². The smallest absolute Gasteiger partial charge is 0.223 e. The Kier molecular flexibility index (Phi) is 5.56. The number of carbonyl (C=O) groups is 1. The Morgan fingerprint density at radius 3 is 2.80 bits per heavy atom. The van der Waals surface area contributed by atoms with E-state index in [1.54, 1.807) is 7.11 Å². The van der Waals surface area contributed by atoms with Crippen LogP contribution in [0.4, 0.5) is 0 Å². The fourth-order valence-corrected chi connectivity index (χ4v) is 2.82. The van der Waals surface area contributed by atoms with Crippen LogP contribution in [-0.4, -0.2) is 19.1 Å². The predicted octanol–water partition coefficient (Wildman–Crippen LogP) is 1.97. The summed E-state index contributed by atoms with van der Waals surface area (Å²) in [5.74, 6) is 0.209. The van der Waals surface area contributed by atoms with Crippen LogP contribution in [0.15, 0.2) is 24.3 Å².